The molecule has 6 aromatic rings. The number of aromatic hydroxyl groups is 1. The molecular weight excluding hydrogens is 706 g/mol. The molecule has 0 spiro atoms. The number of phenolic OH excluding ortho intramolecular Hbond substituents is 1. The summed E-state index contributed by atoms with van der Waals surface area (Å²) in [7, 11) is 0. The van der Waals surface area contributed by atoms with Crippen LogP contribution in [0.25, 0.3) is 44.8 Å². The molecule has 0 aliphatic heterocycles. The summed E-state index contributed by atoms with van der Waals surface area (Å²) < 4.78 is 0. The first-order chi connectivity index (χ1) is 19.5. The van der Waals surface area contributed by atoms with Crippen LogP contribution in [0.5, 0.6) is 5.75 Å². The van der Waals surface area contributed by atoms with Crippen LogP contribution in [0, 0.1) is 19.9 Å². The number of hydrogen-bond acceptors (Lipinski definition) is 5. The second-order valence-corrected chi connectivity index (χ2v) is 10.6. The Morgan fingerprint density at radius 3 is 2.02 bits per heavy atom. The molecule has 1 N–H and O–H groups in total. The van der Waals surface area contributed by atoms with E-state index >= 15 is 0 Å². The summed E-state index contributed by atoms with van der Waals surface area (Å²) in [5.41, 5.74) is 9.11. The first-order valence-electron chi connectivity index (χ1n) is 13.0. The third-order valence-corrected chi connectivity index (χ3v) is 7.39. The van der Waals surface area contributed by atoms with Gasteiger partial charge in [-0.05, 0) is 78.7 Å². The largest absolute Gasteiger partial charge is 0.507 e. The van der Waals surface area contributed by atoms with Crippen molar-refractivity contribution in [3.05, 3.63) is 133 Å². The Hall–Kier alpha value is -4.05. The Labute approximate surface area is 258 Å². The molecule has 4 nitrogen and oxygen atoms in total. The van der Waals surface area contributed by atoms with Gasteiger partial charge in [0.2, 0.25) is 0 Å². The predicted molar refractivity (Wildman–Crippen MR) is 162 cm³/mol. The van der Waals surface area contributed by atoms with Gasteiger partial charge in [0.25, 0.3) is 0 Å². The van der Waals surface area contributed by atoms with Gasteiger partial charge in [0.05, 0.1) is 10.7 Å². The van der Waals surface area contributed by atoms with Crippen LogP contribution >= 0.6 is 11.8 Å². The van der Waals surface area contributed by atoms with Crippen molar-refractivity contribution in [3.8, 4) is 50.5 Å². The fourth-order valence-corrected chi connectivity index (χ4v) is 5.55. The van der Waals surface area contributed by atoms with Crippen LogP contribution in [0.2, 0.25) is 0 Å². The third kappa shape index (κ3) is 6.65. The molecule has 0 bridgehead atoms. The number of nitrogens with zero attached hydrogens (tertiary/aromatic N) is 3. The van der Waals surface area contributed by atoms with Crippen LogP contribution in [0.15, 0.2) is 125 Å². The monoisotopic (exact) mass is 731 g/mol. The Balaban J connectivity index is 0.00000337. The number of rotatable bonds is 6. The van der Waals surface area contributed by atoms with E-state index in [1.54, 1.807) is 24.0 Å². The van der Waals surface area contributed by atoms with E-state index in [9.17, 15) is 5.11 Å². The SMILES string of the molecule is Cc1cc(-c2cc(-c3[c-]c(Sc4ccccn4)cc(-c4ccccc4)c3)nc(-c3ccccc3O)c2)cc(C)n1.[Pt]. The minimum absolute atomic E-state index is 0. The number of aryl methyl sites for hydroxylation is 2. The normalized spacial score (nSPS) is 10.7. The minimum Gasteiger partial charge on any atom is -0.507 e. The summed E-state index contributed by atoms with van der Waals surface area (Å²) in [6.07, 6.45) is 1.80. The fourth-order valence-electron chi connectivity index (χ4n) is 4.72. The Kier molecular flexibility index (Phi) is 8.78. The second kappa shape index (κ2) is 12.6. The maximum Gasteiger partial charge on any atom is 0.124 e. The Bertz CT molecular complexity index is 1790. The average molecular weight is 732 g/mol. The van der Waals surface area contributed by atoms with Crippen molar-refractivity contribution in [2.45, 2.75) is 23.8 Å². The van der Waals surface area contributed by atoms with E-state index in [0.29, 0.717) is 11.3 Å². The first-order valence-corrected chi connectivity index (χ1v) is 13.8. The van der Waals surface area contributed by atoms with Crippen LogP contribution < -0.4 is 0 Å². The van der Waals surface area contributed by atoms with E-state index in [1.165, 1.54) is 0 Å². The standard InChI is InChI=1S/C35H26N3OS.Pt/c1-23-16-26(17-24(2)37-23)28-21-32(38-33(22-28)31-12-6-7-13-34(31)39)29-18-27(25-10-4-3-5-11-25)19-30(20-29)40-35-14-8-9-15-36-35;/h3-19,21-22,39H,1-2H3;/q-1;. The van der Waals surface area contributed by atoms with Crippen molar-refractivity contribution < 1.29 is 26.2 Å². The van der Waals surface area contributed by atoms with Gasteiger partial charge in [0, 0.05) is 44.2 Å². The topological polar surface area (TPSA) is 58.9 Å². The molecule has 3 heterocycles. The van der Waals surface area contributed by atoms with Crippen LogP contribution in [0.4, 0.5) is 0 Å². The van der Waals surface area contributed by atoms with Gasteiger partial charge in [0.1, 0.15) is 5.75 Å². The van der Waals surface area contributed by atoms with E-state index in [2.05, 4.69) is 58.5 Å². The van der Waals surface area contributed by atoms with E-state index in [4.69, 9.17) is 4.98 Å². The van der Waals surface area contributed by atoms with Crippen LogP contribution in [-0.4, -0.2) is 20.1 Å². The quantitative estimate of drug-likeness (QED) is 0.174. The molecule has 3 aromatic heterocycles. The molecule has 204 valence electrons. The van der Waals surface area contributed by atoms with Crippen molar-refractivity contribution in [2.24, 2.45) is 0 Å². The molecule has 0 saturated heterocycles. The molecule has 0 aliphatic rings. The summed E-state index contributed by atoms with van der Waals surface area (Å²) in [5, 5.41) is 11.6. The molecule has 0 amide bonds. The van der Waals surface area contributed by atoms with Gasteiger partial charge in [0.15, 0.2) is 0 Å². The summed E-state index contributed by atoms with van der Waals surface area (Å²) >= 11 is 1.57. The molecule has 41 heavy (non-hydrogen) atoms. The molecule has 3 aromatic carbocycles. The van der Waals surface area contributed by atoms with Gasteiger partial charge in [-0.1, -0.05) is 76.8 Å². The zero-order valence-corrected chi connectivity index (χ0v) is 25.6. The van der Waals surface area contributed by atoms with Crippen molar-refractivity contribution in [1.82, 2.24) is 15.0 Å². The smallest absolute Gasteiger partial charge is 0.124 e. The molecule has 0 aliphatic carbocycles. The number of pyridine rings is 3. The molecule has 6 rings (SSSR count). The molecule has 0 radical (unpaired) electrons. The number of aromatic nitrogens is 3. The van der Waals surface area contributed by atoms with Crippen molar-refractivity contribution in [3.63, 3.8) is 0 Å². The van der Waals surface area contributed by atoms with Gasteiger partial charge >= 0.3 is 0 Å². The van der Waals surface area contributed by atoms with Crippen molar-refractivity contribution >= 4 is 11.8 Å². The predicted octanol–water partition coefficient (Wildman–Crippen LogP) is 8.81. The molecular formula is C35H26N3OPtS-. The van der Waals surface area contributed by atoms with Crippen LogP contribution in [0.1, 0.15) is 11.4 Å². The van der Waals surface area contributed by atoms with Gasteiger partial charge in [-0.3, -0.25) is 9.97 Å². The third-order valence-electron chi connectivity index (χ3n) is 6.50. The molecule has 0 saturated carbocycles. The number of hydrogen-bond donors (Lipinski definition) is 1. The van der Waals surface area contributed by atoms with E-state index in [-0.39, 0.29) is 26.8 Å². The Morgan fingerprint density at radius 1 is 0.634 bits per heavy atom. The fraction of sp³-hybridized carbons (Fsp3) is 0.0571. The molecule has 0 atom stereocenters. The molecule has 0 unspecified atom stereocenters. The summed E-state index contributed by atoms with van der Waals surface area (Å²) in [6, 6.07) is 39.7. The minimum atomic E-state index is 0. The summed E-state index contributed by atoms with van der Waals surface area (Å²) in [4.78, 5) is 15.1. The number of benzene rings is 3. The second-order valence-electron chi connectivity index (χ2n) is 9.57. The van der Waals surface area contributed by atoms with Crippen LogP contribution in [-0.2, 0) is 21.1 Å². The van der Waals surface area contributed by atoms with E-state index in [0.717, 1.165) is 54.8 Å². The zero-order valence-electron chi connectivity index (χ0n) is 22.5. The summed E-state index contributed by atoms with van der Waals surface area (Å²) in [6.45, 7) is 4.00. The van der Waals surface area contributed by atoms with E-state index in [1.807, 2.05) is 74.5 Å². The number of phenols is 1. The van der Waals surface area contributed by atoms with E-state index < -0.39 is 0 Å². The van der Waals surface area contributed by atoms with Gasteiger partial charge in [-0.15, -0.1) is 23.8 Å². The maximum absolute atomic E-state index is 10.7. The van der Waals surface area contributed by atoms with Crippen molar-refractivity contribution in [2.75, 3.05) is 0 Å². The van der Waals surface area contributed by atoms with Crippen LogP contribution in [0.3, 0.4) is 0 Å². The van der Waals surface area contributed by atoms with Crippen molar-refractivity contribution in [1.29, 1.82) is 0 Å². The van der Waals surface area contributed by atoms with Gasteiger partial charge in [-0.2, -0.15) is 0 Å². The number of para-hydroxylation sites is 1. The molecule has 6 heteroatoms. The van der Waals surface area contributed by atoms with Gasteiger partial charge in [-0.25, -0.2) is 4.98 Å². The Morgan fingerprint density at radius 2 is 1.29 bits per heavy atom. The first kappa shape index (κ1) is 28.5. The summed E-state index contributed by atoms with van der Waals surface area (Å²) in [5.74, 6) is 0.189. The maximum atomic E-state index is 10.7. The zero-order chi connectivity index (χ0) is 27.5. The van der Waals surface area contributed by atoms with Gasteiger partial charge < -0.3 is 5.11 Å². The molecule has 0 fully saturated rings. The average Bonchev–Trinajstić information content (AvgIpc) is 2.97.